The summed E-state index contributed by atoms with van der Waals surface area (Å²) >= 11 is 0. The molecule has 1 N–H and O–H groups in total. The van der Waals surface area contributed by atoms with Crippen LogP contribution in [-0.4, -0.2) is 36.8 Å². The van der Waals surface area contributed by atoms with Crippen LogP contribution in [0, 0.1) is 13.8 Å². The molecule has 28 heavy (non-hydrogen) atoms. The van der Waals surface area contributed by atoms with Gasteiger partial charge in [0.1, 0.15) is 13.1 Å². The molecule has 2 heterocycles. The SMILES string of the molecule is Cc1nn([C@@H]2CCS(=O)(=O)C2)c(C)c1C[NH+](C)Cc1ccc(C(C)(C)C)cc1. The van der Waals surface area contributed by atoms with Crippen molar-refractivity contribution in [1.82, 2.24) is 9.78 Å². The van der Waals surface area contributed by atoms with E-state index >= 15 is 0 Å². The summed E-state index contributed by atoms with van der Waals surface area (Å²) in [7, 11) is -0.706. The lowest BCUT2D eigenvalue weighted by atomic mass is 9.87. The summed E-state index contributed by atoms with van der Waals surface area (Å²) in [6.07, 6.45) is 0.673. The first kappa shape index (κ1) is 21.1. The minimum atomic E-state index is -2.91. The van der Waals surface area contributed by atoms with Crippen molar-refractivity contribution in [2.75, 3.05) is 18.6 Å². The van der Waals surface area contributed by atoms with Crippen molar-refractivity contribution in [3.63, 3.8) is 0 Å². The molecule has 5 nitrogen and oxygen atoms in total. The Morgan fingerprint density at radius 1 is 1.14 bits per heavy atom. The second-order valence-corrected chi connectivity index (χ2v) is 11.6. The second-order valence-electron chi connectivity index (χ2n) is 9.41. The molecule has 1 aliphatic heterocycles. The Balaban J connectivity index is 1.70. The van der Waals surface area contributed by atoms with Crippen molar-refractivity contribution in [1.29, 1.82) is 0 Å². The van der Waals surface area contributed by atoms with Crippen molar-refractivity contribution in [3.05, 3.63) is 52.3 Å². The normalized spacial score (nSPS) is 20.4. The van der Waals surface area contributed by atoms with Crippen molar-refractivity contribution in [2.45, 2.75) is 65.6 Å². The lowest BCUT2D eigenvalue weighted by molar-refractivity contribution is -0.907. The average Bonchev–Trinajstić information content (AvgIpc) is 3.08. The van der Waals surface area contributed by atoms with Crippen molar-refractivity contribution < 1.29 is 13.3 Å². The first-order valence-electron chi connectivity index (χ1n) is 10.1. The molecule has 1 fully saturated rings. The quantitative estimate of drug-likeness (QED) is 0.832. The number of hydrogen-bond acceptors (Lipinski definition) is 3. The first-order valence-corrected chi connectivity index (χ1v) is 11.9. The molecule has 0 aliphatic carbocycles. The van der Waals surface area contributed by atoms with Crippen LogP contribution in [0.1, 0.15) is 61.3 Å². The van der Waals surface area contributed by atoms with Crippen molar-refractivity contribution >= 4 is 9.84 Å². The molecule has 2 atom stereocenters. The highest BCUT2D eigenvalue weighted by atomic mass is 32.2. The van der Waals surface area contributed by atoms with E-state index in [1.807, 2.05) is 11.6 Å². The third-order valence-corrected chi connectivity index (χ3v) is 7.58. The molecule has 0 bridgehead atoms. The first-order chi connectivity index (χ1) is 13.0. The summed E-state index contributed by atoms with van der Waals surface area (Å²) < 4.78 is 25.6. The monoisotopic (exact) mass is 404 g/mol. The number of nitrogens with zero attached hydrogens (tertiary/aromatic N) is 2. The van der Waals surface area contributed by atoms with Gasteiger partial charge in [-0.3, -0.25) is 4.68 Å². The minimum absolute atomic E-state index is 0.0114. The topological polar surface area (TPSA) is 56.4 Å². The summed E-state index contributed by atoms with van der Waals surface area (Å²) in [6, 6.07) is 8.92. The van der Waals surface area contributed by atoms with E-state index in [4.69, 9.17) is 5.10 Å². The fourth-order valence-corrected chi connectivity index (χ4v) is 5.80. The standard InChI is InChI=1S/C22H33N3O2S/c1-16-21(17(2)25(23-16)20-11-12-28(26,27)15-20)14-24(6)13-18-7-9-19(10-8-18)22(3,4)5/h7-10,20H,11-15H2,1-6H3/p+1/t20-/m1/s1. The molecule has 154 valence electrons. The molecule has 1 aliphatic rings. The number of sulfone groups is 1. The van der Waals surface area contributed by atoms with Gasteiger partial charge >= 0.3 is 0 Å². The molecule has 1 aromatic carbocycles. The molecule has 0 spiro atoms. The Kier molecular flexibility index (Phi) is 5.74. The number of nitrogens with one attached hydrogen (secondary N) is 1. The zero-order chi connectivity index (χ0) is 20.7. The van der Waals surface area contributed by atoms with E-state index in [0.29, 0.717) is 6.42 Å². The Morgan fingerprint density at radius 2 is 1.79 bits per heavy atom. The molecular formula is C22H34N3O2S+. The highest BCUT2D eigenvalue weighted by molar-refractivity contribution is 7.91. The van der Waals surface area contributed by atoms with Gasteiger partial charge in [-0.05, 0) is 31.2 Å². The third kappa shape index (κ3) is 4.66. The summed E-state index contributed by atoms with van der Waals surface area (Å²) in [5, 5.41) is 4.70. The molecule has 0 saturated carbocycles. The van der Waals surface area contributed by atoms with Crippen molar-refractivity contribution in [3.8, 4) is 0 Å². The largest absolute Gasteiger partial charge is 0.330 e. The summed E-state index contributed by atoms with van der Waals surface area (Å²) in [5.41, 5.74) is 6.23. The van der Waals surface area contributed by atoms with Gasteiger partial charge in [-0.15, -0.1) is 0 Å². The molecule has 0 radical (unpaired) electrons. The van der Waals surface area contributed by atoms with E-state index in [1.54, 1.807) is 0 Å². The van der Waals surface area contributed by atoms with Gasteiger partial charge in [0, 0.05) is 11.3 Å². The fraction of sp³-hybridized carbons (Fsp3) is 0.591. The van der Waals surface area contributed by atoms with E-state index in [2.05, 4.69) is 59.0 Å². The van der Waals surface area contributed by atoms with Gasteiger partial charge in [0.05, 0.1) is 35.9 Å². The summed E-state index contributed by atoms with van der Waals surface area (Å²) in [4.78, 5) is 1.40. The van der Waals surface area contributed by atoms with Gasteiger partial charge in [0.2, 0.25) is 0 Å². The number of aromatic nitrogens is 2. The molecule has 0 amide bonds. The van der Waals surface area contributed by atoms with E-state index in [0.717, 1.165) is 24.5 Å². The van der Waals surface area contributed by atoms with E-state index in [-0.39, 0.29) is 23.0 Å². The fourth-order valence-electron chi connectivity index (χ4n) is 4.11. The van der Waals surface area contributed by atoms with Crippen LogP contribution in [-0.2, 0) is 28.3 Å². The average molecular weight is 405 g/mol. The number of hydrogen-bond donors (Lipinski definition) is 1. The van der Waals surface area contributed by atoms with Crippen LogP contribution >= 0.6 is 0 Å². The predicted molar refractivity (Wildman–Crippen MR) is 113 cm³/mol. The maximum Gasteiger partial charge on any atom is 0.152 e. The Labute approximate surface area is 169 Å². The highest BCUT2D eigenvalue weighted by Crippen LogP contribution is 2.26. The van der Waals surface area contributed by atoms with Gasteiger partial charge in [0.15, 0.2) is 9.84 Å². The van der Waals surface area contributed by atoms with Crippen LogP contribution in [0.4, 0.5) is 0 Å². The van der Waals surface area contributed by atoms with Gasteiger partial charge < -0.3 is 4.90 Å². The van der Waals surface area contributed by atoms with Gasteiger partial charge in [-0.1, -0.05) is 45.0 Å². The van der Waals surface area contributed by atoms with Gasteiger partial charge in [-0.25, -0.2) is 8.42 Å². The number of benzene rings is 1. The van der Waals surface area contributed by atoms with Crippen LogP contribution in [0.5, 0.6) is 0 Å². The molecule has 6 heteroatoms. The number of rotatable bonds is 5. The highest BCUT2D eigenvalue weighted by Gasteiger charge is 2.31. The van der Waals surface area contributed by atoms with Crippen molar-refractivity contribution in [2.24, 2.45) is 0 Å². The zero-order valence-electron chi connectivity index (χ0n) is 18.0. The minimum Gasteiger partial charge on any atom is -0.330 e. The van der Waals surface area contributed by atoms with Crippen LogP contribution < -0.4 is 4.90 Å². The molecule has 1 saturated heterocycles. The van der Waals surface area contributed by atoms with Gasteiger partial charge in [-0.2, -0.15) is 5.10 Å². The lowest BCUT2D eigenvalue weighted by Crippen LogP contribution is -3.06. The smallest absolute Gasteiger partial charge is 0.152 e. The maximum absolute atomic E-state index is 11.8. The van der Waals surface area contributed by atoms with Crippen LogP contribution in [0.3, 0.4) is 0 Å². The third-order valence-electron chi connectivity index (χ3n) is 5.83. The Bertz CT molecular complexity index is 937. The van der Waals surface area contributed by atoms with Gasteiger partial charge in [0.25, 0.3) is 0 Å². The molecular weight excluding hydrogens is 370 g/mol. The Morgan fingerprint density at radius 3 is 2.32 bits per heavy atom. The van der Waals surface area contributed by atoms with E-state index in [9.17, 15) is 8.42 Å². The van der Waals surface area contributed by atoms with Crippen LogP contribution in [0.25, 0.3) is 0 Å². The maximum atomic E-state index is 11.8. The number of quaternary nitrogens is 1. The van der Waals surface area contributed by atoms with Crippen LogP contribution in [0.15, 0.2) is 24.3 Å². The lowest BCUT2D eigenvalue weighted by Gasteiger charge is -2.20. The molecule has 2 aromatic rings. The Hall–Kier alpha value is -1.66. The molecule has 1 unspecified atom stereocenters. The zero-order valence-corrected chi connectivity index (χ0v) is 18.9. The van der Waals surface area contributed by atoms with Crippen LogP contribution in [0.2, 0.25) is 0 Å². The van der Waals surface area contributed by atoms with E-state index < -0.39 is 9.84 Å². The number of aryl methyl sites for hydroxylation is 1. The summed E-state index contributed by atoms with van der Waals surface area (Å²) in [5.74, 6) is 0.498. The second kappa shape index (κ2) is 7.64. The predicted octanol–water partition coefficient (Wildman–Crippen LogP) is 2.37. The molecule has 3 rings (SSSR count). The van der Waals surface area contributed by atoms with E-state index in [1.165, 1.54) is 21.6 Å². The summed E-state index contributed by atoms with van der Waals surface area (Å²) in [6.45, 7) is 12.7. The molecule has 1 aromatic heterocycles.